The molecule has 0 bridgehead atoms. The quantitative estimate of drug-likeness (QED) is 0.658. The second kappa shape index (κ2) is 6.44. The van der Waals surface area contributed by atoms with Crippen molar-refractivity contribution in [2.75, 3.05) is 7.11 Å². The van der Waals surface area contributed by atoms with E-state index in [2.05, 4.69) is 12.1 Å². The topological polar surface area (TPSA) is 35.5 Å². The first-order valence-electron chi connectivity index (χ1n) is 8.27. The van der Waals surface area contributed by atoms with Gasteiger partial charge in [-0.25, -0.2) is 0 Å². The molecule has 0 amide bonds. The molecule has 0 aliphatic heterocycles. The molecule has 0 radical (unpaired) electrons. The predicted octanol–water partition coefficient (Wildman–Crippen LogP) is 4.55. The Balaban J connectivity index is 1.56. The third-order valence-electron chi connectivity index (χ3n) is 4.53. The van der Waals surface area contributed by atoms with E-state index < -0.39 is 0 Å². The van der Waals surface area contributed by atoms with Gasteiger partial charge in [0, 0.05) is 11.1 Å². The normalized spacial score (nSPS) is 12.4. The van der Waals surface area contributed by atoms with Crippen LogP contribution < -0.4 is 4.74 Å². The summed E-state index contributed by atoms with van der Waals surface area (Å²) < 4.78 is 11.0. The first-order valence-corrected chi connectivity index (χ1v) is 8.27. The minimum absolute atomic E-state index is 0.235. The second-order valence-electron chi connectivity index (χ2n) is 6.07. The lowest BCUT2D eigenvalue weighted by Crippen LogP contribution is -2.13. The largest absolute Gasteiger partial charge is 0.497 e. The fraction of sp³-hybridized carbons (Fsp3) is 0.136. The van der Waals surface area contributed by atoms with E-state index in [1.807, 2.05) is 60.7 Å². The van der Waals surface area contributed by atoms with Gasteiger partial charge in [0.1, 0.15) is 5.75 Å². The Bertz CT molecular complexity index is 867. The van der Waals surface area contributed by atoms with Crippen LogP contribution in [0.25, 0.3) is 11.1 Å². The summed E-state index contributed by atoms with van der Waals surface area (Å²) in [5.74, 6) is 0.539. The number of carbonyl (C=O) groups is 1. The summed E-state index contributed by atoms with van der Waals surface area (Å²) in [7, 11) is 1.62. The van der Waals surface area contributed by atoms with Crippen molar-refractivity contribution in [3.63, 3.8) is 0 Å². The van der Waals surface area contributed by atoms with Crippen molar-refractivity contribution < 1.29 is 14.3 Å². The molecule has 3 nitrogen and oxygen atoms in total. The highest BCUT2D eigenvalue weighted by Crippen LogP contribution is 2.45. The van der Waals surface area contributed by atoms with E-state index in [4.69, 9.17) is 9.47 Å². The highest BCUT2D eigenvalue weighted by molar-refractivity contribution is 5.80. The fourth-order valence-corrected chi connectivity index (χ4v) is 3.32. The van der Waals surface area contributed by atoms with Gasteiger partial charge in [0.2, 0.25) is 0 Å². The number of ether oxygens (including phenoxy) is 2. The van der Waals surface area contributed by atoms with Crippen LogP contribution in [0.1, 0.15) is 22.8 Å². The summed E-state index contributed by atoms with van der Waals surface area (Å²) in [6.45, 7) is 0. The van der Waals surface area contributed by atoms with E-state index in [1.54, 1.807) is 7.11 Å². The van der Waals surface area contributed by atoms with Gasteiger partial charge in [0.25, 0.3) is 0 Å². The summed E-state index contributed by atoms with van der Waals surface area (Å²) in [6.07, 6.45) is -0.0941. The Morgan fingerprint density at radius 3 is 1.96 bits per heavy atom. The van der Waals surface area contributed by atoms with Crippen LogP contribution in [0.5, 0.6) is 5.75 Å². The summed E-state index contributed by atoms with van der Waals surface area (Å²) in [6, 6.07) is 23.7. The average molecular weight is 330 g/mol. The van der Waals surface area contributed by atoms with E-state index in [0.29, 0.717) is 0 Å². The Kier molecular flexibility index (Phi) is 3.98. The number of fused-ring (bicyclic) bond motifs is 3. The summed E-state index contributed by atoms with van der Waals surface area (Å²) in [5.41, 5.74) is 5.28. The predicted molar refractivity (Wildman–Crippen MR) is 96.5 cm³/mol. The maximum Gasteiger partial charge on any atom is 0.311 e. The molecule has 0 aromatic heterocycles. The van der Waals surface area contributed by atoms with Gasteiger partial charge in [0.15, 0.2) is 6.10 Å². The molecule has 1 aliphatic rings. The van der Waals surface area contributed by atoms with Crippen molar-refractivity contribution in [2.45, 2.75) is 12.5 Å². The van der Waals surface area contributed by atoms with Gasteiger partial charge in [-0.15, -0.1) is 0 Å². The minimum atomic E-state index is -0.335. The smallest absolute Gasteiger partial charge is 0.311 e. The molecular formula is C22H18O3. The lowest BCUT2D eigenvalue weighted by molar-refractivity contribution is -0.146. The second-order valence-corrected chi connectivity index (χ2v) is 6.07. The molecule has 0 spiro atoms. The maximum atomic E-state index is 12.5. The van der Waals surface area contributed by atoms with E-state index >= 15 is 0 Å². The molecule has 0 fully saturated rings. The molecule has 3 heteroatoms. The van der Waals surface area contributed by atoms with Gasteiger partial charge < -0.3 is 9.47 Å². The van der Waals surface area contributed by atoms with Gasteiger partial charge in [-0.3, -0.25) is 4.79 Å². The van der Waals surface area contributed by atoms with Crippen molar-refractivity contribution in [3.8, 4) is 16.9 Å². The van der Waals surface area contributed by atoms with Crippen molar-refractivity contribution in [2.24, 2.45) is 0 Å². The Morgan fingerprint density at radius 1 is 0.840 bits per heavy atom. The molecule has 0 unspecified atom stereocenters. The van der Waals surface area contributed by atoms with E-state index in [1.165, 1.54) is 0 Å². The van der Waals surface area contributed by atoms with Crippen LogP contribution in [-0.2, 0) is 16.0 Å². The first-order chi connectivity index (χ1) is 12.3. The van der Waals surface area contributed by atoms with Gasteiger partial charge in [-0.05, 0) is 28.8 Å². The van der Waals surface area contributed by atoms with Gasteiger partial charge in [-0.1, -0.05) is 60.7 Å². The lowest BCUT2D eigenvalue weighted by Gasteiger charge is -2.15. The zero-order chi connectivity index (χ0) is 17.2. The number of benzene rings is 3. The number of rotatable bonds is 4. The minimum Gasteiger partial charge on any atom is -0.497 e. The van der Waals surface area contributed by atoms with Crippen LogP contribution in [0.2, 0.25) is 0 Å². The summed E-state index contributed by atoms with van der Waals surface area (Å²) in [4.78, 5) is 12.5. The van der Waals surface area contributed by atoms with Crippen molar-refractivity contribution in [1.82, 2.24) is 0 Å². The molecule has 25 heavy (non-hydrogen) atoms. The van der Waals surface area contributed by atoms with Crippen LogP contribution in [-0.4, -0.2) is 13.1 Å². The number of hydrogen-bond acceptors (Lipinski definition) is 3. The SMILES string of the molecule is COc1ccc(CC(=O)OC2c3ccccc3-c3ccccc32)cc1. The summed E-state index contributed by atoms with van der Waals surface area (Å²) in [5, 5.41) is 0. The number of hydrogen-bond donors (Lipinski definition) is 0. The van der Waals surface area contributed by atoms with Crippen molar-refractivity contribution >= 4 is 5.97 Å². The molecule has 1 aliphatic carbocycles. The average Bonchev–Trinajstić information content (AvgIpc) is 2.97. The maximum absolute atomic E-state index is 12.5. The number of methoxy groups -OCH3 is 1. The summed E-state index contributed by atoms with van der Waals surface area (Å²) >= 11 is 0. The molecule has 0 atom stereocenters. The number of carbonyl (C=O) groups excluding carboxylic acids is 1. The monoisotopic (exact) mass is 330 g/mol. The molecule has 4 rings (SSSR count). The van der Waals surface area contributed by atoms with Crippen LogP contribution in [0, 0.1) is 0 Å². The fourth-order valence-electron chi connectivity index (χ4n) is 3.32. The molecule has 3 aromatic carbocycles. The zero-order valence-corrected chi connectivity index (χ0v) is 13.9. The molecule has 0 N–H and O–H groups in total. The standard InChI is InChI=1S/C22H18O3/c1-24-16-12-10-15(11-13-16)14-21(23)25-22-19-8-4-2-6-17(19)18-7-3-5-9-20(18)22/h2-13,22H,14H2,1H3. The molecule has 0 saturated heterocycles. The van der Waals surface area contributed by atoms with Gasteiger partial charge in [0.05, 0.1) is 13.5 Å². The lowest BCUT2D eigenvalue weighted by atomic mass is 10.1. The third kappa shape index (κ3) is 2.89. The van der Waals surface area contributed by atoms with E-state index in [-0.39, 0.29) is 18.5 Å². The van der Waals surface area contributed by atoms with Crippen LogP contribution >= 0.6 is 0 Å². The Hall–Kier alpha value is -3.07. The first kappa shape index (κ1) is 15.5. The van der Waals surface area contributed by atoms with Crippen molar-refractivity contribution in [3.05, 3.63) is 89.5 Å². The zero-order valence-electron chi connectivity index (χ0n) is 13.9. The van der Waals surface area contributed by atoms with E-state index in [0.717, 1.165) is 33.6 Å². The number of esters is 1. The highest BCUT2D eigenvalue weighted by Gasteiger charge is 2.30. The third-order valence-corrected chi connectivity index (χ3v) is 4.53. The van der Waals surface area contributed by atoms with Crippen LogP contribution in [0.4, 0.5) is 0 Å². The Morgan fingerprint density at radius 2 is 1.40 bits per heavy atom. The van der Waals surface area contributed by atoms with Gasteiger partial charge in [-0.2, -0.15) is 0 Å². The van der Waals surface area contributed by atoms with Crippen LogP contribution in [0.15, 0.2) is 72.8 Å². The van der Waals surface area contributed by atoms with Crippen molar-refractivity contribution in [1.29, 1.82) is 0 Å². The van der Waals surface area contributed by atoms with Crippen LogP contribution in [0.3, 0.4) is 0 Å². The molecule has 0 saturated carbocycles. The van der Waals surface area contributed by atoms with E-state index in [9.17, 15) is 4.79 Å². The highest BCUT2D eigenvalue weighted by atomic mass is 16.5. The molecular weight excluding hydrogens is 312 g/mol. The molecule has 124 valence electrons. The Labute approximate surface area is 146 Å². The molecule has 0 heterocycles. The molecule has 3 aromatic rings. The van der Waals surface area contributed by atoms with Gasteiger partial charge >= 0.3 is 5.97 Å².